The van der Waals surface area contributed by atoms with Gasteiger partial charge in [0.05, 0.1) is 6.26 Å². The smallest absolute Gasteiger partial charge is 0.108 e. The molecule has 1 radical (unpaired) electrons. The van der Waals surface area contributed by atoms with Gasteiger partial charge in [0, 0.05) is 5.56 Å². The van der Waals surface area contributed by atoms with Crippen LogP contribution in [0.3, 0.4) is 0 Å². The summed E-state index contributed by atoms with van der Waals surface area (Å²) in [5.74, 6) is 0.933. The van der Waals surface area contributed by atoms with Gasteiger partial charge in [-0.15, -0.1) is 0 Å². The molecule has 1 aliphatic heterocycles. The molecule has 0 spiro atoms. The fourth-order valence-electron chi connectivity index (χ4n) is 1.09. The first-order chi connectivity index (χ1) is 4.88. The molecular weight excluding hydrogens is 124 g/mol. The van der Waals surface area contributed by atoms with E-state index in [1.54, 1.807) is 6.26 Å². The van der Waals surface area contributed by atoms with E-state index in [9.17, 15) is 0 Å². The molecule has 0 unspecified atom stereocenters. The second-order valence-electron chi connectivity index (χ2n) is 2.28. The predicted molar refractivity (Wildman–Crippen MR) is 38.9 cm³/mol. The Balaban J connectivity index is 2.80. The molecule has 0 amide bonds. The quantitative estimate of drug-likeness (QED) is 0.535. The molecule has 1 heteroatoms. The van der Waals surface area contributed by atoms with E-state index in [0.29, 0.717) is 0 Å². The third-order valence-electron chi connectivity index (χ3n) is 1.62. The monoisotopic (exact) mass is 131 g/mol. The first kappa shape index (κ1) is 5.54. The lowest BCUT2D eigenvalue weighted by Crippen LogP contribution is -1.77. The molecule has 49 valence electrons. The zero-order chi connectivity index (χ0) is 6.97. The molecule has 0 N–H and O–H groups in total. The summed E-state index contributed by atoms with van der Waals surface area (Å²) < 4.78 is 5.17. The zero-order valence-electron chi connectivity index (χ0n) is 5.72. The predicted octanol–water partition coefficient (Wildman–Crippen LogP) is 2.49. The summed E-state index contributed by atoms with van der Waals surface area (Å²) >= 11 is 0. The van der Waals surface area contributed by atoms with E-state index < -0.39 is 0 Å². The van der Waals surface area contributed by atoms with Crippen LogP contribution in [0.1, 0.15) is 5.76 Å². The SMILES string of the molecule is Cc1occc2cc[c]c1-2. The van der Waals surface area contributed by atoms with E-state index in [4.69, 9.17) is 4.42 Å². The van der Waals surface area contributed by atoms with Crippen molar-refractivity contribution in [2.24, 2.45) is 0 Å². The Hall–Kier alpha value is -1.24. The highest BCUT2D eigenvalue weighted by atomic mass is 16.3. The van der Waals surface area contributed by atoms with Crippen molar-refractivity contribution in [3.63, 3.8) is 0 Å². The van der Waals surface area contributed by atoms with E-state index in [1.165, 1.54) is 5.56 Å². The maximum absolute atomic E-state index is 5.17. The average Bonchev–Trinajstić information content (AvgIpc) is 2.36. The molecule has 2 aliphatic rings. The largest absolute Gasteiger partial charge is 0.469 e. The maximum atomic E-state index is 5.17. The van der Waals surface area contributed by atoms with Gasteiger partial charge in [-0.25, -0.2) is 0 Å². The zero-order valence-corrected chi connectivity index (χ0v) is 5.72. The molecule has 1 aliphatic carbocycles. The van der Waals surface area contributed by atoms with Gasteiger partial charge in [0.25, 0.3) is 0 Å². The average molecular weight is 131 g/mol. The summed E-state index contributed by atoms with van der Waals surface area (Å²) in [6.07, 6.45) is 1.70. The normalized spacial score (nSPS) is 10.5. The second-order valence-corrected chi connectivity index (χ2v) is 2.28. The molecule has 0 fully saturated rings. The van der Waals surface area contributed by atoms with Gasteiger partial charge in [-0.3, -0.25) is 0 Å². The Morgan fingerprint density at radius 3 is 3.10 bits per heavy atom. The Labute approximate surface area is 59.6 Å². The van der Waals surface area contributed by atoms with Crippen LogP contribution in [0.15, 0.2) is 28.9 Å². The highest BCUT2D eigenvalue weighted by Crippen LogP contribution is 2.24. The molecule has 0 saturated carbocycles. The minimum Gasteiger partial charge on any atom is -0.469 e. The van der Waals surface area contributed by atoms with Crippen molar-refractivity contribution in [1.82, 2.24) is 0 Å². The van der Waals surface area contributed by atoms with Crippen molar-refractivity contribution in [3.8, 4) is 11.1 Å². The Bertz CT molecular complexity index is 309. The van der Waals surface area contributed by atoms with E-state index in [1.807, 2.05) is 25.1 Å². The highest BCUT2D eigenvalue weighted by molar-refractivity contribution is 5.66. The lowest BCUT2D eigenvalue weighted by atomic mass is 10.1. The van der Waals surface area contributed by atoms with Gasteiger partial charge >= 0.3 is 0 Å². The van der Waals surface area contributed by atoms with Crippen molar-refractivity contribution in [3.05, 3.63) is 36.3 Å². The maximum Gasteiger partial charge on any atom is 0.108 e. The van der Waals surface area contributed by atoms with Crippen molar-refractivity contribution >= 4 is 0 Å². The number of hydrogen-bond acceptors (Lipinski definition) is 1. The fraction of sp³-hybridized carbons (Fsp3) is 0.111. The third kappa shape index (κ3) is 0.637. The van der Waals surface area contributed by atoms with Crippen LogP contribution in [-0.2, 0) is 0 Å². The topological polar surface area (TPSA) is 13.1 Å². The molecule has 2 rings (SSSR count). The molecule has 0 atom stereocenters. The van der Waals surface area contributed by atoms with Crippen molar-refractivity contribution in [2.75, 3.05) is 0 Å². The Morgan fingerprint density at radius 2 is 2.30 bits per heavy atom. The molecular formula is C9H7O. The van der Waals surface area contributed by atoms with Gasteiger partial charge in [-0.2, -0.15) is 0 Å². The second kappa shape index (κ2) is 1.87. The standard InChI is InChI=1S/C9H7O/c1-7-9-4-2-3-8(9)5-6-10-7/h2-3,5-6H,1H3. The summed E-state index contributed by atoms with van der Waals surface area (Å²) in [5.41, 5.74) is 2.28. The van der Waals surface area contributed by atoms with Gasteiger partial charge < -0.3 is 4.42 Å². The molecule has 0 aromatic heterocycles. The molecule has 0 aromatic carbocycles. The highest BCUT2D eigenvalue weighted by Gasteiger charge is 2.04. The van der Waals surface area contributed by atoms with Gasteiger partial charge in [-0.05, 0) is 24.6 Å². The van der Waals surface area contributed by atoms with E-state index in [0.717, 1.165) is 11.3 Å². The van der Waals surface area contributed by atoms with Gasteiger partial charge in [0.1, 0.15) is 5.76 Å². The summed E-state index contributed by atoms with van der Waals surface area (Å²) in [6.45, 7) is 1.94. The Morgan fingerprint density at radius 1 is 1.40 bits per heavy atom. The van der Waals surface area contributed by atoms with Crippen LogP contribution in [0.25, 0.3) is 11.1 Å². The molecule has 0 saturated heterocycles. The van der Waals surface area contributed by atoms with Gasteiger partial charge in [0.15, 0.2) is 0 Å². The fourth-order valence-corrected chi connectivity index (χ4v) is 1.09. The van der Waals surface area contributed by atoms with Crippen LogP contribution in [-0.4, -0.2) is 0 Å². The lowest BCUT2D eigenvalue weighted by Gasteiger charge is -1.98. The van der Waals surface area contributed by atoms with Crippen LogP contribution in [0.2, 0.25) is 0 Å². The number of hydrogen-bond donors (Lipinski definition) is 0. The minimum absolute atomic E-state index is 0.933. The third-order valence-corrected chi connectivity index (χ3v) is 1.62. The molecule has 1 nitrogen and oxygen atoms in total. The molecule has 10 heavy (non-hydrogen) atoms. The van der Waals surface area contributed by atoms with Gasteiger partial charge in [-0.1, -0.05) is 12.1 Å². The minimum atomic E-state index is 0.933. The Kier molecular flexibility index (Phi) is 1.04. The summed E-state index contributed by atoms with van der Waals surface area (Å²) in [4.78, 5) is 0. The summed E-state index contributed by atoms with van der Waals surface area (Å²) in [6, 6.07) is 8.97. The van der Waals surface area contributed by atoms with E-state index in [-0.39, 0.29) is 0 Å². The first-order valence-electron chi connectivity index (χ1n) is 3.22. The first-order valence-corrected chi connectivity index (χ1v) is 3.22. The molecule has 0 bridgehead atoms. The van der Waals surface area contributed by atoms with Crippen LogP contribution < -0.4 is 0 Å². The number of fused-ring (bicyclic) bond motifs is 1. The van der Waals surface area contributed by atoms with Crippen LogP contribution in [0.5, 0.6) is 0 Å². The lowest BCUT2D eigenvalue weighted by molar-refractivity contribution is 0.518. The number of rotatable bonds is 0. The summed E-state index contributed by atoms with van der Waals surface area (Å²) in [7, 11) is 0. The number of aryl methyl sites for hydroxylation is 1. The summed E-state index contributed by atoms with van der Waals surface area (Å²) in [5, 5.41) is 0. The van der Waals surface area contributed by atoms with Crippen molar-refractivity contribution < 1.29 is 4.42 Å². The molecule has 0 aromatic rings. The van der Waals surface area contributed by atoms with E-state index in [2.05, 4.69) is 6.07 Å². The van der Waals surface area contributed by atoms with Crippen molar-refractivity contribution in [2.45, 2.75) is 6.92 Å². The van der Waals surface area contributed by atoms with E-state index >= 15 is 0 Å². The van der Waals surface area contributed by atoms with Gasteiger partial charge in [0.2, 0.25) is 0 Å². The van der Waals surface area contributed by atoms with Crippen LogP contribution in [0.4, 0.5) is 0 Å². The molecule has 1 heterocycles. The van der Waals surface area contributed by atoms with Crippen LogP contribution >= 0.6 is 0 Å². The van der Waals surface area contributed by atoms with Crippen LogP contribution in [0, 0.1) is 13.0 Å². The van der Waals surface area contributed by atoms with Crippen molar-refractivity contribution in [1.29, 1.82) is 0 Å².